The molecule has 7 heteroatoms. The Morgan fingerprint density at radius 2 is 1.91 bits per heavy atom. The van der Waals surface area contributed by atoms with Gasteiger partial charge < -0.3 is 23.9 Å². The first kappa shape index (κ1) is 22.9. The highest BCUT2D eigenvalue weighted by molar-refractivity contribution is 6.04. The normalized spacial score (nSPS) is 11.3. The lowest BCUT2D eigenvalue weighted by Gasteiger charge is -2.06. The van der Waals surface area contributed by atoms with Crippen molar-refractivity contribution in [1.29, 1.82) is 0 Å². The summed E-state index contributed by atoms with van der Waals surface area (Å²) in [7, 11) is 1.59. The first-order valence-electron chi connectivity index (χ1n) is 10.4. The summed E-state index contributed by atoms with van der Waals surface area (Å²) in [4.78, 5) is 23.8. The standard InChI is InChI=1S/C25H27NO6/c1-4-30-24(28)9-6-14-31-21-8-5-7-18-16-22(32-25(18)21)17(2)15-23(27)26-19-10-12-20(29-3)13-11-19/h5,7-8,10-13,15-16H,4,6,9,14H2,1-3H3,(H,26,27). The van der Waals surface area contributed by atoms with Gasteiger partial charge in [-0.2, -0.15) is 0 Å². The monoisotopic (exact) mass is 437 g/mol. The van der Waals surface area contributed by atoms with E-state index < -0.39 is 0 Å². The Morgan fingerprint density at radius 3 is 2.62 bits per heavy atom. The van der Waals surface area contributed by atoms with Crippen molar-refractivity contribution < 1.29 is 28.2 Å². The molecule has 0 unspecified atom stereocenters. The molecule has 7 nitrogen and oxygen atoms in total. The quantitative estimate of drug-likeness (QED) is 0.266. The van der Waals surface area contributed by atoms with E-state index in [-0.39, 0.29) is 11.9 Å². The summed E-state index contributed by atoms with van der Waals surface area (Å²) in [5, 5.41) is 3.68. The van der Waals surface area contributed by atoms with Crippen LogP contribution in [-0.4, -0.2) is 32.2 Å². The second-order valence-electron chi connectivity index (χ2n) is 7.09. The van der Waals surface area contributed by atoms with Crippen molar-refractivity contribution in [3.63, 3.8) is 0 Å². The number of nitrogens with one attached hydrogen (secondary N) is 1. The minimum absolute atomic E-state index is 0.233. The number of anilines is 1. The molecule has 0 saturated carbocycles. The Hall–Kier alpha value is -3.74. The van der Waals surface area contributed by atoms with Gasteiger partial charge >= 0.3 is 5.97 Å². The second kappa shape index (κ2) is 11.0. The lowest BCUT2D eigenvalue weighted by atomic mass is 10.2. The number of carbonyl (C=O) groups excluding carboxylic acids is 2. The van der Waals surface area contributed by atoms with E-state index in [9.17, 15) is 9.59 Å². The zero-order valence-electron chi connectivity index (χ0n) is 18.5. The number of fused-ring (bicyclic) bond motifs is 1. The van der Waals surface area contributed by atoms with Crippen LogP contribution in [0.1, 0.15) is 32.4 Å². The van der Waals surface area contributed by atoms with Crippen LogP contribution < -0.4 is 14.8 Å². The predicted octanol–water partition coefficient (Wildman–Crippen LogP) is 5.21. The molecule has 0 fully saturated rings. The van der Waals surface area contributed by atoms with Gasteiger partial charge in [0.15, 0.2) is 11.3 Å². The molecule has 1 heterocycles. The average molecular weight is 437 g/mol. The largest absolute Gasteiger partial charge is 0.497 e. The van der Waals surface area contributed by atoms with Gasteiger partial charge in [-0.3, -0.25) is 9.59 Å². The molecule has 168 valence electrons. The van der Waals surface area contributed by atoms with E-state index in [4.69, 9.17) is 18.6 Å². The van der Waals surface area contributed by atoms with Crippen LogP contribution in [0.15, 0.2) is 59.0 Å². The summed E-state index contributed by atoms with van der Waals surface area (Å²) in [5.74, 6) is 1.39. The molecule has 2 aromatic carbocycles. The van der Waals surface area contributed by atoms with Crippen molar-refractivity contribution in [1.82, 2.24) is 0 Å². The highest BCUT2D eigenvalue weighted by Crippen LogP contribution is 2.31. The summed E-state index contributed by atoms with van der Waals surface area (Å²) in [6.07, 6.45) is 2.34. The van der Waals surface area contributed by atoms with Crippen LogP contribution in [0.5, 0.6) is 11.5 Å². The zero-order chi connectivity index (χ0) is 22.9. The first-order valence-corrected chi connectivity index (χ1v) is 10.4. The topological polar surface area (TPSA) is 87.0 Å². The fourth-order valence-corrected chi connectivity index (χ4v) is 3.10. The van der Waals surface area contributed by atoms with Crippen LogP contribution in [0.3, 0.4) is 0 Å². The molecule has 0 radical (unpaired) electrons. The van der Waals surface area contributed by atoms with Crippen molar-refractivity contribution in [3.05, 3.63) is 60.4 Å². The van der Waals surface area contributed by atoms with Gasteiger partial charge in [-0.25, -0.2) is 0 Å². The van der Waals surface area contributed by atoms with Gasteiger partial charge in [0.25, 0.3) is 0 Å². The molecule has 0 bridgehead atoms. The smallest absolute Gasteiger partial charge is 0.305 e. The second-order valence-corrected chi connectivity index (χ2v) is 7.09. The highest BCUT2D eigenvalue weighted by Gasteiger charge is 2.12. The number of hydrogen-bond donors (Lipinski definition) is 1. The average Bonchev–Trinajstić information content (AvgIpc) is 3.23. The highest BCUT2D eigenvalue weighted by atomic mass is 16.5. The molecule has 0 aliphatic carbocycles. The van der Waals surface area contributed by atoms with Crippen molar-refractivity contribution >= 4 is 34.1 Å². The summed E-state index contributed by atoms with van der Waals surface area (Å²) in [6, 6.07) is 14.6. The van der Waals surface area contributed by atoms with Gasteiger partial charge in [0.2, 0.25) is 5.91 Å². The number of carbonyl (C=O) groups is 2. The lowest BCUT2D eigenvalue weighted by molar-refractivity contribution is -0.143. The predicted molar refractivity (Wildman–Crippen MR) is 123 cm³/mol. The lowest BCUT2D eigenvalue weighted by Crippen LogP contribution is -2.08. The summed E-state index contributed by atoms with van der Waals surface area (Å²) >= 11 is 0. The van der Waals surface area contributed by atoms with Gasteiger partial charge in [0.05, 0.1) is 20.3 Å². The fourth-order valence-electron chi connectivity index (χ4n) is 3.10. The van der Waals surface area contributed by atoms with Crippen LogP contribution in [0, 0.1) is 0 Å². The Balaban J connectivity index is 1.65. The number of para-hydroxylation sites is 1. The van der Waals surface area contributed by atoms with Crippen LogP contribution in [-0.2, 0) is 14.3 Å². The molecule has 1 aromatic heterocycles. The number of esters is 1. The van der Waals surface area contributed by atoms with Gasteiger partial charge in [-0.1, -0.05) is 12.1 Å². The molecule has 3 aromatic rings. The third kappa shape index (κ3) is 6.14. The SMILES string of the molecule is CCOC(=O)CCCOc1cccc2cc(C(C)=CC(=O)Nc3ccc(OC)cc3)oc12. The van der Waals surface area contributed by atoms with E-state index in [0.29, 0.717) is 54.4 Å². The zero-order valence-corrected chi connectivity index (χ0v) is 18.5. The van der Waals surface area contributed by atoms with Gasteiger partial charge in [0, 0.05) is 23.6 Å². The van der Waals surface area contributed by atoms with Crippen LogP contribution in [0.4, 0.5) is 5.69 Å². The maximum Gasteiger partial charge on any atom is 0.305 e. The molecular weight excluding hydrogens is 410 g/mol. The molecule has 0 saturated heterocycles. The van der Waals surface area contributed by atoms with Crippen molar-refractivity contribution in [2.24, 2.45) is 0 Å². The third-order valence-electron chi connectivity index (χ3n) is 4.69. The number of amides is 1. The number of allylic oxidation sites excluding steroid dienone is 1. The van der Waals surface area contributed by atoms with Gasteiger partial charge in [-0.15, -0.1) is 0 Å². The van der Waals surface area contributed by atoms with Crippen molar-refractivity contribution in [3.8, 4) is 11.5 Å². The van der Waals surface area contributed by atoms with Crippen molar-refractivity contribution in [2.45, 2.75) is 26.7 Å². The Kier molecular flexibility index (Phi) is 7.91. The maximum absolute atomic E-state index is 12.4. The van der Waals surface area contributed by atoms with Crippen LogP contribution in [0.25, 0.3) is 16.5 Å². The number of furan rings is 1. The molecule has 0 spiro atoms. The van der Waals surface area contributed by atoms with Gasteiger partial charge in [-0.05, 0) is 62.2 Å². The van der Waals surface area contributed by atoms with E-state index in [1.807, 2.05) is 31.2 Å². The molecule has 1 amide bonds. The minimum Gasteiger partial charge on any atom is -0.497 e. The van der Waals surface area contributed by atoms with Crippen LogP contribution >= 0.6 is 0 Å². The van der Waals surface area contributed by atoms with E-state index in [0.717, 1.165) is 11.1 Å². The van der Waals surface area contributed by atoms with E-state index in [1.54, 1.807) is 38.3 Å². The van der Waals surface area contributed by atoms with Crippen LogP contribution in [0.2, 0.25) is 0 Å². The van der Waals surface area contributed by atoms with Gasteiger partial charge in [0.1, 0.15) is 11.5 Å². The number of benzene rings is 2. The molecule has 1 N–H and O–H groups in total. The Labute approximate surface area is 187 Å². The summed E-state index contributed by atoms with van der Waals surface area (Å²) < 4.78 is 21.8. The summed E-state index contributed by atoms with van der Waals surface area (Å²) in [5.41, 5.74) is 1.95. The van der Waals surface area contributed by atoms with E-state index in [2.05, 4.69) is 5.32 Å². The maximum atomic E-state index is 12.4. The fraction of sp³-hybridized carbons (Fsp3) is 0.280. The number of hydrogen-bond acceptors (Lipinski definition) is 6. The Morgan fingerprint density at radius 1 is 1.12 bits per heavy atom. The van der Waals surface area contributed by atoms with E-state index >= 15 is 0 Å². The molecular formula is C25H27NO6. The number of methoxy groups -OCH3 is 1. The molecule has 0 atom stereocenters. The molecule has 3 rings (SSSR count). The third-order valence-corrected chi connectivity index (χ3v) is 4.69. The summed E-state index contributed by atoms with van der Waals surface area (Å²) in [6.45, 7) is 4.33. The number of rotatable bonds is 10. The minimum atomic E-state index is -0.261. The number of ether oxygens (including phenoxy) is 3. The Bertz CT molecular complexity index is 1100. The van der Waals surface area contributed by atoms with E-state index in [1.165, 1.54) is 6.08 Å². The molecule has 0 aliphatic heterocycles. The molecule has 32 heavy (non-hydrogen) atoms. The molecule has 0 aliphatic rings. The first-order chi connectivity index (χ1) is 15.5. The van der Waals surface area contributed by atoms with Crippen molar-refractivity contribution in [2.75, 3.05) is 25.6 Å².